The molecular formula is C10H20O2Si. The first kappa shape index (κ1) is 12.4. The van der Waals surface area contributed by atoms with Gasteiger partial charge in [0.1, 0.15) is 6.10 Å². The lowest BCUT2D eigenvalue weighted by atomic mass is 10.2. The van der Waals surface area contributed by atoms with E-state index in [4.69, 9.17) is 4.74 Å². The van der Waals surface area contributed by atoms with Crippen LogP contribution in [0.15, 0.2) is 12.2 Å². The fourth-order valence-electron chi connectivity index (χ4n) is 1.07. The molecule has 0 amide bonds. The van der Waals surface area contributed by atoms with E-state index in [-0.39, 0.29) is 12.1 Å². The SMILES string of the molecule is C=C(C)C(C[Si](C)(C)C)OC(C)=O. The average Bonchev–Trinajstić information content (AvgIpc) is 1.81. The molecule has 0 aliphatic carbocycles. The lowest BCUT2D eigenvalue weighted by Crippen LogP contribution is -2.30. The molecule has 0 N–H and O–H groups in total. The third-order valence-electron chi connectivity index (χ3n) is 1.66. The predicted molar refractivity (Wildman–Crippen MR) is 58.5 cm³/mol. The zero-order valence-electron chi connectivity index (χ0n) is 9.31. The first-order valence-electron chi connectivity index (χ1n) is 4.55. The van der Waals surface area contributed by atoms with Crippen molar-refractivity contribution in [3.05, 3.63) is 12.2 Å². The maximum absolute atomic E-state index is 10.8. The highest BCUT2D eigenvalue weighted by atomic mass is 28.3. The van der Waals surface area contributed by atoms with Crippen LogP contribution in [-0.2, 0) is 9.53 Å². The Morgan fingerprint density at radius 2 is 1.85 bits per heavy atom. The van der Waals surface area contributed by atoms with E-state index in [0.717, 1.165) is 11.6 Å². The van der Waals surface area contributed by atoms with Gasteiger partial charge in [-0.15, -0.1) is 0 Å². The maximum Gasteiger partial charge on any atom is 0.303 e. The standard InChI is InChI=1S/C10H20O2Si/c1-8(2)10(12-9(3)11)7-13(4,5)6/h10H,1,7H2,2-6H3. The number of carbonyl (C=O) groups excluding carboxylic acids is 1. The van der Waals surface area contributed by atoms with Crippen molar-refractivity contribution < 1.29 is 9.53 Å². The van der Waals surface area contributed by atoms with Gasteiger partial charge in [0, 0.05) is 15.0 Å². The summed E-state index contributed by atoms with van der Waals surface area (Å²) in [5.74, 6) is -0.216. The highest BCUT2D eigenvalue weighted by molar-refractivity contribution is 6.76. The Bertz CT molecular complexity index is 203. The van der Waals surface area contributed by atoms with Gasteiger partial charge in [-0.05, 0) is 18.5 Å². The van der Waals surface area contributed by atoms with Gasteiger partial charge in [0.05, 0.1) is 0 Å². The summed E-state index contributed by atoms with van der Waals surface area (Å²) in [5, 5.41) is 0. The minimum absolute atomic E-state index is 0.0795. The summed E-state index contributed by atoms with van der Waals surface area (Å²) in [6, 6.07) is 0.960. The molecule has 0 bridgehead atoms. The van der Waals surface area contributed by atoms with Crippen LogP contribution in [0, 0.1) is 0 Å². The molecule has 0 saturated carbocycles. The summed E-state index contributed by atoms with van der Waals surface area (Å²) in [4.78, 5) is 10.8. The van der Waals surface area contributed by atoms with E-state index in [1.54, 1.807) is 0 Å². The normalized spacial score (nSPS) is 13.6. The van der Waals surface area contributed by atoms with Crippen molar-refractivity contribution in [2.45, 2.75) is 45.6 Å². The van der Waals surface area contributed by atoms with Gasteiger partial charge in [0.15, 0.2) is 0 Å². The minimum Gasteiger partial charge on any atom is -0.458 e. The number of rotatable bonds is 4. The van der Waals surface area contributed by atoms with Crippen molar-refractivity contribution in [2.24, 2.45) is 0 Å². The summed E-state index contributed by atoms with van der Waals surface area (Å²) in [7, 11) is -1.19. The Morgan fingerprint density at radius 1 is 1.38 bits per heavy atom. The molecule has 0 fully saturated rings. The summed E-state index contributed by atoms with van der Waals surface area (Å²) in [6.07, 6.45) is -0.0795. The Labute approximate surface area is 82.0 Å². The fourth-order valence-corrected chi connectivity index (χ4v) is 2.62. The van der Waals surface area contributed by atoms with E-state index in [2.05, 4.69) is 26.2 Å². The number of esters is 1. The third kappa shape index (κ3) is 6.58. The van der Waals surface area contributed by atoms with Crippen LogP contribution in [-0.4, -0.2) is 20.1 Å². The topological polar surface area (TPSA) is 26.3 Å². The van der Waals surface area contributed by atoms with Crippen LogP contribution >= 0.6 is 0 Å². The van der Waals surface area contributed by atoms with E-state index in [9.17, 15) is 4.79 Å². The van der Waals surface area contributed by atoms with Gasteiger partial charge in [-0.1, -0.05) is 26.2 Å². The van der Waals surface area contributed by atoms with Crippen LogP contribution in [0.3, 0.4) is 0 Å². The lowest BCUT2D eigenvalue weighted by molar-refractivity contribution is -0.143. The highest BCUT2D eigenvalue weighted by Gasteiger charge is 2.22. The molecule has 3 heteroatoms. The zero-order valence-corrected chi connectivity index (χ0v) is 10.3. The van der Waals surface area contributed by atoms with Gasteiger partial charge < -0.3 is 4.74 Å². The van der Waals surface area contributed by atoms with Crippen LogP contribution in [0.1, 0.15) is 13.8 Å². The Kier molecular flexibility index (Phi) is 4.40. The fraction of sp³-hybridized carbons (Fsp3) is 0.700. The summed E-state index contributed by atoms with van der Waals surface area (Å²) in [6.45, 7) is 14.0. The van der Waals surface area contributed by atoms with Crippen LogP contribution in [0.2, 0.25) is 25.7 Å². The zero-order chi connectivity index (χ0) is 10.6. The molecule has 0 aromatic carbocycles. The first-order valence-corrected chi connectivity index (χ1v) is 8.26. The Morgan fingerprint density at radius 3 is 2.08 bits per heavy atom. The van der Waals surface area contributed by atoms with Gasteiger partial charge in [-0.2, -0.15) is 0 Å². The minimum atomic E-state index is -1.19. The largest absolute Gasteiger partial charge is 0.458 e. The van der Waals surface area contributed by atoms with E-state index < -0.39 is 8.07 Å². The van der Waals surface area contributed by atoms with Crippen molar-refractivity contribution in [1.82, 2.24) is 0 Å². The molecule has 0 aliphatic rings. The molecule has 0 aromatic heterocycles. The van der Waals surface area contributed by atoms with Gasteiger partial charge in [0.2, 0.25) is 0 Å². The number of hydrogen-bond acceptors (Lipinski definition) is 2. The van der Waals surface area contributed by atoms with E-state index >= 15 is 0 Å². The van der Waals surface area contributed by atoms with Crippen molar-refractivity contribution in [1.29, 1.82) is 0 Å². The maximum atomic E-state index is 10.8. The van der Waals surface area contributed by atoms with Crippen molar-refractivity contribution in [2.75, 3.05) is 0 Å². The van der Waals surface area contributed by atoms with Crippen LogP contribution in [0.4, 0.5) is 0 Å². The van der Waals surface area contributed by atoms with E-state index in [1.165, 1.54) is 6.92 Å². The molecule has 76 valence electrons. The molecule has 0 aliphatic heterocycles. The molecule has 0 aromatic rings. The second-order valence-electron chi connectivity index (χ2n) is 4.71. The third-order valence-corrected chi connectivity index (χ3v) is 3.25. The number of ether oxygens (including phenoxy) is 1. The Hall–Kier alpha value is -0.573. The lowest BCUT2D eigenvalue weighted by Gasteiger charge is -2.24. The van der Waals surface area contributed by atoms with E-state index in [1.807, 2.05) is 6.92 Å². The van der Waals surface area contributed by atoms with Gasteiger partial charge >= 0.3 is 5.97 Å². The molecule has 13 heavy (non-hydrogen) atoms. The predicted octanol–water partition coefficient (Wildman–Crippen LogP) is 2.83. The molecule has 0 saturated heterocycles. The van der Waals surface area contributed by atoms with Crippen molar-refractivity contribution in [3.8, 4) is 0 Å². The molecule has 0 radical (unpaired) electrons. The number of hydrogen-bond donors (Lipinski definition) is 0. The molecule has 1 atom stereocenters. The van der Waals surface area contributed by atoms with Crippen LogP contribution < -0.4 is 0 Å². The Balaban J connectivity index is 4.27. The summed E-state index contributed by atoms with van der Waals surface area (Å²) in [5.41, 5.74) is 0.942. The quantitative estimate of drug-likeness (QED) is 0.396. The molecule has 0 heterocycles. The summed E-state index contributed by atoms with van der Waals surface area (Å²) >= 11 is 0. The second kappa shape index (κ2) is 4.60. The smallest absolute Gasteiger partial charge is 0.303 e. The molecular weight excluding hydrogens is 180 g/mol. The first-order chi connectivity index (χ1) is 5.72. The second-order valence-corrected chi connectivity index (χ2v) is 10.2. The van der Waals surface area contributed by atoms with Gasteiger partial charge in [0.25, 0.3) is 0 Å². The van der Waals surface area contributed by atoms with Crippen LogP contribution in [0.25, 0.3) is 0 Å². The van der Waals surface area contributed by atoms with E-state index in [0.29, 0.717) is 0 Å². The molecule has 1 unspecified atom stereocenters. The van der Waals surface area contributed by atoms with Crippen molar-refractivity contribution in [3.63, 3.8) is 0 Å². The number of carbonyl (C=O) groups is 1. The van der Waals surface area contributed by atoms with Crippen molar-refractivity contribution >= 4 is 14.0 Å². The molecule has 0 spiro atoms. The molecule has 0 rings (SSSR count). The monoisotopic (exact) mass is 200 g/mol. The van der Waals surface area contributed by atoms with Gasteiger partial charge in [-0.3, -0.25) is 4.79 Å². The highest BCUT2D eigenvalue weighted by Crippen LogP contribution is 2.18. The molecule has 2 nitrogen and oxygen atoms in total. The van der Waals surface area contributed by atoms with Crippen LogP contribution in [0.5, 0.6) is 0 Å². The average molecular weight is 200 g/mol. The van der Waals surface area contributed by atoms with Gasteiger partial charge in [-0.25, -0.2) is 0 Å². The summed E-state index contributed by atoms with van der Waals surface area (Å²) < 4.78 is 5.18.